The highest BCUT2D eigenvalue weighted by Gasteiger charge is 2.33. The van der Waals surface area contributed by atoms with Gasteiger partial charge in [0.25, 0.3) is 0 Å². The average Bonchev–Trinajstić information content (AvgIpc) is 2.90. The molecule has 1 aliphatic rings. The molecule has 17 heavy (non-hydrogen) atoms. The van der Waals surface area contributed by atoms with Gasteiger partial charge < -0.3 is 10.1 Å². The normalized spacial score (nSPS) is 26.3. The van der Waals surface area contributed by atoms with Crippen LogP contribution in [-0.4, -0.2) is 19.3 Å². The third kappa shape index (κ3) is 3.22. The third-order valence-corrected chi connectivity index (χ3v) is 4.60. The van der Waals surface area contributed by atoms with Gasteiger partial charge in [0.15, 0.2) is 0 Å². The lowest BCUT2D eigenvalue weighted by molar-refractivity contribution is 0.0618. The Bertz CT molecular complexity index is 355. The van der Waals surface area contributed by atoms with E-state index in [1.807, 2.05) is 6.07 Å². The summed E-state index contributed by atoms with van der Waals surface area (Å²) in [4.78, 5) is 1.29. The van der Waals surface area contributed by atoms with Crippen LogP contribution in [0, 0.1) is 5.92 Å². The van der Waals surface area contributed by atoms with E-state index >= 15 is 0 Å². The second-order valence-electron chi connectivity index (χ2n) is 4.68. The molecular formula is C13H20ClNOS. The standard InChI is InChI=1S/C13H20ClNOS/c1-3-7-15-12(10-4-5-11(14)17-10)13-9(2)6-8-16-13/h4-5,9,12-13,15H,3,6-8H2,1-2H3. The number of hydrogen-bond donors (Lipinski definition) is 1. The highest BCUT2D eigenvalue weighted by Crippen LogP contribution is 2.35. The minimum Gasteiger partial charge on any atom is -0.376 e. The van der Waals surface area contributed by atoms with Gasteiger partial charge in [0.2, 0.25) is 0 Å². The molecule has 0 radical (unpaired) electrons. The first-order valence-electron chi connectivity index (χ1n) is 6.32. The molecule has 1 aromatic heterocycles. The molecule has 1 aliphatic heterocycles. The number of hydrogen-bond acceptors (Lipinski definition) is 3. The molecule has 1 fully saturated rings. The highest BCUT2D eigenvalue weighted by molar-refractivity contribution is 7.16. The predicted octanol–water partition coefficient (Wildman–Crippen LogP) is 3.87. The van der Waals surface area contributed by atoms with Crippen LogP contribution in [0.3, 0.4) is 0 Å². The number of rotatable bonds is 5. The van der Waals surface area contributed by atoms with Gasteiger partial charge >= 0.3 is 0 Å². The lowest BCUT2D eigenvalue weighted by atomic mass is 9.96. The molecule has 0 aromatic carbocycles. The molecule has 3 unspecified atom stereocenters. The zero-order valence-corrected chi connectivity index (χ0v) is 12.0. The summed E-state index contributed by atoms with van der Waals surface area (Å²) in [6.07, 6.45) is 2.58. The molecule has 0 amide bonds. The van der Waals surface area contributed by atoms with Crippen LogP contribution in [0.4, 0.5) is 0 Å². The highest BCUT2D eigenvalue weighted by atomic mass is 35.5. The van der Waals surface area contributed by atoms with E-state index in [-0.39, 0.29) is 6.10 Å². The summed E-state index contributed by atoms with van der Waals surface area (Å²) >= 11 is 7.69. The Morgan fingerprint density at radius 2 is 2.41 bits per heavy atom. The van der Waals surface area contributed by atoms with Crippen molar-refractivity contribution in [3.05, 3.63) is 21.3 Å². The summed E-state index contributed by atoms with van der Waals surface area (Å²) in [7, 11) is 0. The first-order chi connectivity index (χ1) is 8.22. The fourth-order valence-corrected chi connectivity index (χ4v) is 3.49. The van der Waals surface area contributed by atoms with E-state index < -0.39 is 0 Å². The minimum absolute atomic E-state index is 0.288. The van der Waals surface area contributed by atoms with E-state index in [1.165, 1.54) is 4.88 Å². The monoisotopic (exact) mass is 273 g/mol. The number of halogens is 1. The summed E-state index contributed by atoms with van der Waals surface area (Å²) < 4.78 is 6.74. The topological polar surface area (TPSA) is 21.3 Å². The van der Waals surface area contributed by atoms with Crippen molar-refractivity contribution in [1.82, 2.24) is 5.32 Å². The fraction of sp³-hybridized carbons (Fsp3) is 0.692. The van der Waals surface area contributed by atoms with Crippen LogP contribution in [0.15, 0.2) is 12.1 Å². The molecular weight excluding hydrogens is 254 g/mol. The summed E-state index contributed by atoms with van der Waals surface area (Å²) in [5.74, 6) is 0.616. The van der Waals surface area contributed by atoms with Crippen LogP contribution in [0.1, 0.15) is 37.6 Å². The minimum atomic E-state index is 0.288. The van der Waals surface area contributed by atoms with E-state index in [1.54, 1.807) is 11.3 Å². The van der Waals surface area contributed by atoms with Gasteiger partial charge in [0.1, 0.15) is 0 Å². The fourth-order valence-electron chi connectivity index (χ4n) is 2.32. The van der Waals surface area contributed by atoms with Gasteiger partial charge in [-0.05, 0) is 37.4 Å². The first kappa shape index (κ1) is 13.3. The van der Waals surface area contributed by atoms with Crippen LogP contribution >= 0.6 is 22.9 Å². The van der Waals surface area contributed by atoms with Gasteiger partial charge in [-0.15, -0.1) is 11.3 Å². The maximum Gasteiger partial charge on any atom is 0.0931 e. The maximum atomic E-state index is 6.03. The zero-order valence-electron chi connectivity index (χ0n) is 10.4. The lowest BCUT2D eigenvalue weighted by Gasteiger charge is -2.26. The van der Waals surface area contributed by atoms with E-state index in [0.717, 1.165) is 30.3 Å². The summed E-state index contributed by atoms with van der Waals surface area (Å²) in [6.45, 7) is 6.36. The second kappa shape index (κ2) is 6.19. The van der Waals surface area contributed by atoms with Crippen molar-refractivity contribution in [2.45, 2.75) is 38.8 Å². The number of nitrogens with one attached hydrogen (secondary N) is 1. The molecule has 1 saturated heterocycles. The Balaban J connectivity index is 2.12. The summed E-state index contributed by atoms with van der Waals surface area (Å²) in [5, 5.41) is 3.60. The third-order valence-electron chi connectivity index (χ3n) is 3.29. The Hall–Kier alpha value is -0.0900. The Morgan fingerprint density at radius 1 is 1.59 bits per heavy atom. The summed E-state index contributed by atoms with van der Waals surface area (Å²) in [5.41, 5.74) is 0. The lowest BCUT2D eigenvalue weighted by Crippen LogP contribution is -2.34. The van der Waals surface area contributed by atoms with E-state index in [4.69, 9.17) is 16.3 Å². The van der Waals surface area contributed by atoms with Crippen LogP contribution in [0.25, 0.3) is 0 Å². The molecule has 0 spiro atoms. The smallest absolute Gasteiger partial charge is 0.0931 e. The second-order valence-corrected chi connectivity index (χ2v) is 6.42. The molecule has 0 saturated carbocycles. The van der Waals surface area contributed by atoms with Crippen LogP contribution in [0.2, 0.25) is 4.34 Å². The first-order valence-corrected chi connectivity index (χ1v) is 7.52. The average molecular weight is 274 g/mol. The van der Waals surface area contributed by atoms with Gasteiger partial charge in [-0.1, -0.05) is 25.4 Å². The Morgan fingerprint density at radius 3 is 2.94 bits per heavy atom. The van der Waals surface area contributed by atoms with E-state index in [0.29, 0.717) is 12.0 Å². The molecule has 0 bridgehead atoms. The van der Waals surface area contributed by atoms with Gasteiger partial charge in [-0.3, -0.25) is 0 Å². The summed E-state index contributed by atoms with van der Waals surface area (Å²) in [6, 6.07) is 4.39. The van der Waals surface area contributed by atoms with Crippen molar-refractivity contribution in [2.75, 3.05) is 13.2 Å². The Labute approximate surface area is 112 Å². The van der Waals surface area contributed by atoms with Crippen LogP contribution < -0.4 is 5.32 Å². The quantitative estimate of drug-likeness (QED) is 0.879. The van der Waals surface area contributed by atoms with Crippen LogP contribution in [0.5, 0.6) is 0 Å². The maximum absolute atomic E-state index is 6.03. The number of ether oxygens (including phenoxy) is 1. The van der Waals surface area contributed by atoms with Gasteiger partial charge in [0, 0.05) is 11.5 Å². The van der Waals surface area contributed by atoms with E-state index in [9.17, 15) is 0 Å². The SMILES string of the molecule is CCCNC(c1ccc(Cl)s1)C1OCCC1C. The molecule has 4 heteroatoms. The van der Waals surface area contributed by atoms with Crippen molar-refractivity contribution in [3.63, 3.8) is 0 Å². The molecule has 1 aromatic rings. The number of thiophene rings is 1. The molecule has 0 aliphatic carbocycles. The van der Waals surface area contributed by atoms with Gasteiger partial charge in [-0.2, -0.15) is 0 Å². The van der Waals surface area contributed by atoms with Crippen molar-refractivity contribution in [2.24, 2.45) is 5.92 Å². The largest absolute Gasteiger partial charge is 0.376 e. The molecule has 2 rings (SSSR count). The van der Waals surface area contributed by atoms with Crippen molar-refractivity contribution >= 4 is 22.9 Å². The predicted molar refractivity (Wildman–Crippen MR) is 73.9 cm³/mol. The zero-order chi connectivity index (χ0) is 12.3. The van der Waals surface area contributed by atoms with Crippen LogP contribution in [-0.2, 0) is 4.74 Å². The molecule has 96 valence electrons. The van der Waals surface area contributed by atoms with E-state index in [2.05, 4.69) is 25.2 Å². The molecule has 3 atom stereocenters. The molecule has 1 N–H and O–H groups in total. The van der Waals surface area contributed by atoms with Gasteiger partial charge in [-0.25, -0.2) is 0 Å². The van der Waals surface area contributed by atoms with Gasteiger partial charge in [0.05, 0.1) is 16.5 Å². The molecule has 2 heterocycles. The Kier molecular flexibility index (Phi) is 4.86. The van der Waals surface area contributed by atoms with Crippen molar-refractivity contribution in [3.8, 4) is 0 Å². The van der Waals surface area contributed by atoms with Crippen molar-refractivity contribution in [1.29, 1.82) is 0 Å². The molecule has 2 nitrogen and oxygen atoms in total. The van der Waals surface area contributed by atoms with Crippen molar-refractivity contribution < 1.29 is 4.74 Å².